The average Bonchev–Trinajstić information content (AvgIpc) is 2.56. The molecule has 0 saturated carbocycles. The van der Waals surface area contributed by atoms with Gasteiger partial charge in [-0.2, -0.15) is 0 Å². The minimum atomic E-state index is -0.427. The molecule has 0 bridgehead atoms. The summed E-state index contributed by atoms with van der Waals surface area (Å²) in [7, 11) is 0. The van der Waals surface area contributed by atoms with Gasteiger partial charge in [0.25, 0.3) is 5.91 Å². The Morgan fingerprint density at radius 3 is 2.56 bits per heavy atom. The van der Waals surface area contributed by atoms with E-state index in [0.717, 1.165) is 11.3 Å². The van der Waals surface area contributed by atoms with Crippen LogP contribution < -0.4 is 10.6 Å². The number of aryl methyl sites for hydroxylation is 2. The minimum Gasteiger partial charge on any atom is -0.324 e. The van der Waals surface area contributed by atoms with E-state index in [1.807, 2.05) is 31.2 Å². The van der Waals surface area contributed by atoms with Crippen molar-refractivity contribution in [3.63, 3.8) is 0 Å². The number of nitrogens with one attached hydrogen (secondary N) is 2. The summed E-state index contributed by atoms with van der Waals surface area (Å²) in [5, 5.41) is 5.75. The summed E-state index contributed by atoms with van der Waals surface area (Å²) in [5.41, 5.74) is 3.13. The lowest BCUT2D eigenvalue weighted by molar-refractivity contribution is 0.102. The molecule has 0 aliphatic heterocycles. The Kier molecular flexibility index (Phi) is 4.70. The molecular weight excluding hydrogens is 319 g/mol. The number of halogens is 1. The zero-order valence-electron chi connectivity index (χ0n) is 13.9. The van der Waals surface area contributed by atoms with E-state index in [4.69, 9.17) is 0 Å². The summed E-state index contributed by atoms with van der Waals surface area (Å²) in [4.78, 5) is 21.0. The van der Waals surface area contributed by atoms with Crippen molar-refractivity contribution in [2.45, 2.75) is 13.8 Å². The Labute approximate surface area is 145 Å². The molecule has 0 aliphatic carbocycles. The lowest BCUT2D eigenvalue weighted by atomic mass is 10.2. The van der Waals surface area contributed by atoms with Gasteiger partial charge in [-0.15, -0.1) is 0 Å². The number of anilines is 3. The fourth-order valence-corrected chi connectivity index (χ4v) is 2.34. The van der Waals surface area contributed by atoms with Crippen LogP contribution in [0.15, 0.2) is 54.6 Å². The molecule has 0 aliphatic rings. The highest BCUT2D eigenvalue weighted by Gasteiger charge is 2.12. The molecule has 5 nitrogen and oxygen atoms in total. The van der Waals surface area contributed by atoms with Gasteiger partial charge in [0, 0.05) is 17.1 Å². The number of para-hydroxylation sites is 1. The van der Waals surface area contributed by atoms with Crippen molar-refractivity contribution in [2.75, 3.05) is 10.6 Å². The van der Waals surface area contributed by atoms with Gasteiger partial charge in [0.15, 0.2) is 0 Å². The highest BCUT2D eigenvalue weighted by Crippen LogP contribution is 2.18. The predicted octanol–water partition coefficient (Wildman–Crippen LogP) is 4.23. The lowest BCUT2D eigenvalue weighted by Gasteiger charge is -2.10. The molecule has 1 aromatic heterocycles. The van der Waals surface area contributed by atoms with Crippen LogP contribution in [0.2, 0.25) is 0 Å². The van der Waals surface area contributed by atoms with Crippen molar-refractivity contribution >= 4 is 23.2 Å². The zero-order chi connectivity index (χ0) is 17.8. The first-order chi connectivity index (χ1) is 12.0. The van der Waals surface area contributed by atoms with Crippen molar-refractivity contribution in [3.05, 3.63) is 77.4 Å². The molecule has 0 unspecified atom stereocenters. The largest absolute Gasteiger partial charge is 0.324 e. The van der Waals surface area contributed by atoms with Crippen LogP contribution in [0.4, 0.5) is 21.7 Å². The molecule has 3 rings (SSSR count). The van der Waals surface area contributed by atoms with Gasteiger partial charge in [-0.25, -0.2) is 14.4 Å². The van der Waals surface area contributed by atoms with E-state index in [2.05, 4.69) is 20.6 Å². The maximum atomic E-state index is 13.2. The third-order valence-electron chi connectivity index (χ3n) is 3.56. The van der Waals surface area contributed by atoms with E-state index in [-0.39, 0.29) is 5.69 Å². The molecular formula is C19H17FN4O. The van der Waals surface area contributed by atoms with Crippen LogP contribution in [0.3, 0.4) is 0 Å². The summed E-state index contributed by atoms with van der Waals surface area (Å²) >= 11 is 0. The van der Waals surface area contributed by atoms with Gasteiger partial charge in [-0.1, -0.05) is 24.3 Å². The Morgan fingerprint density at radius 2 is 1.80 bits per heavy atom. The average molecular weight is 336 g/mol. The Bertz CT molecular complexity index is 927. The van der Waals surface area contributed by atoms with Crippen LogP contribution in [-0.4, -0.2) is 15.9 Å². The number of amides is 1. The third kappa shape index (κ3) is 4.17. The van der Waals surface area contributed by atoms with E-state index >= 15 is 0 Å². The fourth-order valence-electron chi connectivity index (χ4n) is 2.34. The summed E-state index contributed by atoms with van der Waals surface area (Å²) in [6.07, 6.45) is 0. The van der Waals surface area contributed by atoms with Crippen LogP contribution >= 0.6 is 0 Å². The van der Waals surface area contributed by atoms with E-state index < -0.39 is 11.7 Å². The van der Waals surface area contributed by atoms with Crippen LogP contribution in [0, 0.1) is 19.7 Å². The van der Waals surface area contributed by atoms with Crippen LogP contribution in [0.25, 0.3) is 0 Å². The molecule has 0 fully saturated rings. The first-order valence-corrected chi connectivity index (χ1v) is 7.76. The van der Waals surface area contributed by atoms with Crippen LogP contribution in [0.5, 0.6) is 0 Å². The van der Waals surface area contributed by atoms with E-state index in [1.54, 1.807) is 19.1 Å². The van der Waals surface area contributed by atoms with E-state index in [0.29, 0.717) is 17.3 Å². The maximum Gasteiger partial charge on any atom is 0.274 e. The topological polar surface area (TPSA) is 66.9 Å². The second-order valence-corrected chi connectivity index (χ2v) is 5.62. The highest BCUT2D eigenvalue weighted by atomic mass is 19.1. The number of benzene rings is 2. The molecule has 2 aromatic carbocycles. The number of nitrogens with zero attached hydrogens (tertiary/aromatic N) is 2. The van der Waals surface area contributed by atoms with Crippen molar-refractivity contribution in [3.8, 4) is 0 Å². The predicted molar refractivity (Wildman–Crippen MR) is 95.6 cm³/mol. The van der Waals surface area contributed by atoms with E-state index in [9.17, 15) is 9.18 Å². The van der Waals surface area contributed by atoms with Gasteiger partial charge in [0.1, 0.15) is 11.5 Å². The van der Waals surface area contributed by atoms with E-state index in [1.165, 1.54) is 18.2 Å². The van der Waals surface area contributed by atoms with Gasteiger partial charge in [0.05, 0.1) is 0 Å². The molecule has 6 heteroatoms. The van der Waals surface area contributed by atoms with Gasteiger partial charge < -0.3 is 10.6 Å². The Morgan fingerprint density at radius 1 is 1.00 bits per heavy atom. The number of hydrogen-bond donors (Lipinski definition) is 2. The summed E-state index contributed by atoms with van der Waals surface area (Å²) in [6.45, 7) is 3.75. The Hall–Kier alpha value is -3.28. The number of hydrogen-bond acceptors (Lipinski definition) is 4. The molecule has 0 radical (unpaired) electrons. The quantitative estimate of drug-likeness (QED) is 0.748. The lowest BCUT2D eigenvalue weighted by Crippen LogP contribution is -2.15. The van der Waals surface area contributed by atoms with Crippen molar-refractivity contribution in [1.29, 1.82) is 0 Å². The third-order valence-corrected chi connectivity index (χ3v) is 3.56. The van der Waals surface area contributed by atoms with Gasteiger partial charge in [-0.05, 0) is 49.7 Å². The second kappa shape index (κ2) is 7.09. The number of carbonyl (C=O) groups excluding carboxylic acids is 1. The first-order valence-electron chi connectivity index (χ1n) is 7.76. The molecule has 126 valence electrons. The molecule has 0 atom stereocenters. The maximum absolute atomic E-state index is 13.2. The number of aromatic nitrogens is 2. The van der Waals surface area contributed by atoms with Crippen LogP contribution in [0.1, 0.15) is 21.7 Å². The van der Waals surface area contributed by atoms with Gasteiger partial charge in [0.2, 0.25) is 5.95 Å². The summed E-state index contributed by atoms with van der Waals surface area (Å²) in [6, 6.07) is 15.0. The SMILES string of the molecule is Cc1cc(C(=O)Nc2cccc(F)c2)nc(Nc2ccccc2C)n1. The number of carbonyl (C=O) groups is 1. The van der Waals surface area contributed by atoms with Crippen LogP contribution in [-0.2, 0) is 0 Å². The van der Waals surface area contributed by atoms with Crippen molar-refractivity contribution in [2.24, 2.45) is 0 Å². The van der Waals surface area contributed by atoms with Gasteiger partial charge in [-0.3, -0.25) is 4.79 Å². The minimum absolute atomic E-state index is 0.202. The Balaban J connectivity index is 1.83. The highest BCUT2D eigenvalue weighted by molar-refractivity contribution is 6.03. The van der Waals surface area contributed by atoms with Gasteiger partial charge >= 0.3 is 0 Å². The molecule has 25 heavy (non-hydrogen) atoms. The molecule has 0 saturated heterocycles. The monoisotopic (exact) mass is 336 g/mol. The summed E-state index contributed by atoms with van der Waals surface area (Å²) in [5.74, 6) is -0.513. The van der Waals surface area contributed by atoms with Crippen molar-refractivity contribution in [1.82, 2.24) is 9.97 Å². The van der Waals surface area contributed by atoms with Crippen molar-refractivity contribution < 1.29 is 9.18 Å². The smallest absolute Gasteiger partial charge is 0.274 e. The zero-order valence-corrected chi connectivity index (χ0v) is 13.9. The molecule has 1 heterocycles. The standard InChI is InChI=1S/C19H17FN4O/c1-12-6-3-4-9-16(12)23-19-21-13(2)10-17(24-19)18(25)22-15-8-5-7-14(20)11-15/h3-11H,1-2H3,(H,22,25)(H,21,23,24). The number of rotatable bonds is 4. The fraction of sp³-hybridized carbons (Fsp3) is 0.105. The first kappa shape index (κ1) is 16.6. The molecule has 2 N–H and O–H groups in total. The molecule has 0 spiro atoms. The summed E-state index contributed by atoms with van der Waals surface area (Å²) < 4.78 is 13.2. The molecule has 1 amide bonds. The molecule has 3 aromatic rings. The second-order valence-electron chi connectivity index (χ2n) is 5.62. The normalized spacial score (nSPS) is 10.4.